The Balaban J connectivity index is 1.70. The number of imide groups is 1. The van der Waals surface area contributed by atoms with Gasteiger partial charge < -0.3 is 4.74 Å². The average Bonchev–Trinajstić information content (AvgIpc) is 3.30. The third-order valence-electron chi connectivity index (χ3n) is 5.58. The van der Waals surface area contributed by atoms with Crippen LogP contribution >= 0.6 is 0 Å². The van der Waals surface area contributed by atoms with Gasteiger partial charge in [-0.25, -0.2) is 17.9 Å². The number of nitrogens with zero attached hydrogens (tertiary/aromatic N) is 2. The molecule has 1 saturated heterocycles. The van der Waals surface area contributed by atoms with Crippen molar-refractivity contribution in [1.82, 2.24) is 9.62 Å². The first kappa shape index (κ1) is 18.5. The van der Waals surface area contributed by atoms with E-state index in [1.54, 1.807) is 10.7 Å². The topological polar surface area (TPSA) is 95.8 Å². The molecule has 0 spiro atoms. The molecule has 1 N–H and O–H groups in total. The summed E-state index contributed by atoms with van der Waals surface area (Å²) < 4.78 is 34.9. The number of carbonyl (C=O) groups excluding carboxylic acids is 2. The van der Waals surface area contributed by atoms with Crippen LogP contribution in [-0.2, 0) is 19.6 Å². The Bertz CT molecular complexity index is 923. The normalized spacial score (nSPS) is 28.6. The number of likely N-dealkylation sites (N-methyl/N-ethyl adjacent to an activating group) is 1. The number of urea groups is 1. The van der Waals surface area contributed by atoms with Gasteiger partial charge in [0.1, 0.15) is 23.1 Å². The first-order valence-electron chi connectivity index (χ1n) is 9.01. The smallest absolute Gasteiger partial charge is 0.380 e. The molecule has 4 rings (SSSR count). The molecule has 2 heterocycles. The monoisotopic (exact) mass is 394 g/mol. The van der Waals surface area contributed by atoms with Gasteiger partial charge in [-0.15, -0.1) is 0 Å². The van der Waals surface area contributed by atoms with Crippen molar-refractivity contribution < 1.29 is 27.3 Å². The summed E-state index contributed by atoms with van der Waals surface area (Å²) >= 11 is 0. The molecule has 0 aromatic rings. The Labute approximate surface area is 158 Å². The van der Waals surface area contributed by atoms with E-state index in [0.717, 1.165) is 17.7 Å². The molecule has 8 nitrogen and oxygen atoms in total. The molecule has 2 aliphatic heterocycles. The predicted molar refractivity (Wildman–Crippen MR) is 97.9 cm³/mol. The average molecular weight is 394 g/mol. The summed E-state index contributed by atoms with van der Waals surface area (Å²) in [5.41, 5.74) is 0.150. The van der Waals surface area contributed by atoms with E-state index >= 15 is 0 Å². The Morgan fingerprint density at radius 1 is 1.30 bits per heavy atom. The quantitative estimate of drug-likeness (QED) is 0.681. The molecule has 1 unspecified atom stereocenters. The number of hydrogen-bond donors (Lipinski definition) is 1. The van der Waals surface area contributed by atoms with Gasteiger partial charge in [-0.2, -0.15) is 14.3 Å². The van der Waals surface area contributed by atoms with Gasteiger partial charge in [0.25, 0.3) is 0 Å². The zero-order valence-electron chi connectivity index (χ0n) is 15.7. The van der Waals surface area contributed by atoms with Crippen LogP contribution in [0.1, 0.15) is 26.7 Å². The minimum Gasteiger partial charge on any atom is -0.380 e. The van der Waals surface area contributed by atoms with Gasteiger partial charge in [-0.3, -0.25) is 0 Å². The van der Waals surface area contributed by atoms with Gasteiger partial charge in [0.2, 0.25) is 10.0 Å². The summed E-state index contributed by atoms with van der Waals surface area (Å²) in [4.78, 5) is 26.3. The maximum atomic E-state index is 12.7. The first-order valence-corrected chi connectivity index (χ1v) is 10.6. The highest BCUT2D eigenvalue weighted by molar-refractivity contribution is 7.90. The summed E-state index contributed by atoms with van der Waals surface area (Å²) in [5.74, 6) is -0.483. The number of carbonyl (C=O) groups is 2. The lowest BCUT2D eigenvalue weighted by atomic mass is 9.87. The van der Waals surface area contributed by atoms with Crippen LogP contribution in [0.2, 0.25) is 0 Å². The van der Waals surface area contributed by atoms with E-state index in [-0.39, 0.29) is 16.5 Å². The molecule has 1 atom stereocenters. The number of fused-ring (bicyclic) bond motifs is 1. The van der Waals surface area contributed by atoms with Crippen LogP contribution in [0.25, 0.3) is 0 Å². The van der Waals surface area contributed by atoms with E-state index in [9.17, 15) is 18.0 Å². The summed E-state index contributed by atoms with van der Waals surface area (Å²) in [6, 6.07) is -0.408. The third kappa shape index (κ3) is 3.17. The van der Waals surface area contributed by atoms with Crippen molar-refractivity contribution in [2.45, 2.75) is 37.5 Å². The van der Waals surface area contributed by atoms with Crippen molar-refractivity contribution in [3.63, 3.8) is 0 Å². The Hall–Kier alpha value is -1.84. The second-order valence-corrected chi connectivity index (χ2v) is 10.4. The Kier molecular flexibility index (Phi) is 4.00. The highest BCUT2D eigenvalue weighted by Crippen LogP contribution is 2.36. The van der Waals surface area contributed by atoms with Crippen molar-refractivity contribution in [1.29, 1.82) is 0 Å². The van der Waals surface area contributed by atoms with E-state index in [0.29, 0.717) is 25.5 Å². The lowest BCUT2D eigenvalue weighted by Crippen LogP contribution is -2.55. The molecule has 0 bridgehead atoms. The molecule has 0 radical (unpaired) electrons. The molecule has 3 amide bonds. The Morgan fingerprint density at radius 3 is 2.52 bits per heavy atom. The van der Waals surface area contributed by atoms with Gasteiger partial charge in [-0.05, 0) is 31.9 Å². The Morgan fingerprint density at radius 2 is 1.96 bits per heavy atom. The van der Waals surface area contributed by atoms with E-state index in [2.05, 4.69) is 4.72 Å². The lowest BCUT2D eigenvalue weighted by molar-refractivity contribution is -0.464. The molecule has 2 aliphatic carbocycles. The zero-order chi connectivity index (χ0) is 19.6. The van der Waals surface area contributed by atoms with Crippen LogP contribution in [0, 0.1) is 5.41 Å². The number of nitrogens with one attached hydrogen (secondary N) is 1. The molecule has 27 heavy (non-hydrogen) atoms. The van der Waals surface area contributed by atoms with Gasteiger partial charge in [0, 0.05) is 5.54 Å². The fourth-order valence-electron chi connectivity index (χ4n) is 3.52. The number of allylic oxidation sites excluding steroid dienone is 1. The minimum absolute atomic E-state index is 0.173. The third-order valence-corrected chi connectivity index (χ3v) is 7.37. The van der Waals surface area contributed by atoms with E-state index < -0.39 is 27.2 Å². The highest BCUT2D eigenvalue weighted by Gasteiger charge is 2.48. The number of ether oxygens (including phenoxy) is 1. The second-order valence-electron chi connectivity index (χ2n) is 8.53. The maximum Gasteiger partial charge on any atom is 0.501 e. The number of rotatable bonds is 5. The molecule has 0 aromatic carbocycles. The van der Waals surface area contributed by atoms with Gasteiger partial charge in [0.05, 0.1) is 25.7 Å². The summed E-state index contributed by atoms with van der Waals surface area (Å²) in [6.45, 7) is 5.38. The maximum absolute atomic E-state index is 12.7. The van der Waals surface area contributed by atoms with Gasteiger partial charge in [-0.1, -0.05) is 13.0 Å². The standard InChI is InChI=1S/C18H24N3O5S/c1-17(10-26-11-17)9-21-14-5-4-12(27(24,25)19-18(2)6-7-18)8-13(14)15(22)20(3)16(21)23/h4-5,8,12,19H,6-7,9-11H2,1-3H3/q+1. The van der Waals surface area contributed by atoms with Crippen LogP contribution in [0.5, 0.6) is 0 Å². The first-order chi connectivity index (χ1) is 12.5. The summed E-state index contributed by atoms with van der Waals surface area (Å²) in [6.07, 6.45) is 6.18. The number of sulfonamides is 1. The predicted octanol–water partition coefficient (Wildman–Crippen LogP) is 0.405. The number of amides is 3. The van der Waals surface area contributed by atoms with Gasteiger partial charge in [0.15, 0.2) is 0 Å². The van der Waals surface area contributed by atoms with E-state index in [1.807, 2.05) is 13.8 Å². The number of hydrogen-bond acceptors (Lipinski definition) is 5. The van der Waals surface area contributed by atoms with Crippen molar-refractivity contribution in [2.24, 2.45) is 5.41 Å². The SMILES string of the molecule is CN1C(=O)C2=CC(S(=O)(=O)NC3(C)CC3)C=CC2=[N+](CC2(C)COC2)C1=O. The highest BCUT2D eigenvalue weighted by atomic mass is 32.2. The molecule has 146 valence electrons. The van der Waals surface area contributed by atoms with Crippen LogP contribution in [0.4, 0.5) is 4.79 Å². The molecule has 0 aromatic heterocycles. The van der Waals surface area contributed by atoms with Gasteiger partial charge >= 0.3 is 11.9 Å². The second kappa shape index (κ2) is 5.83. The largest absolute Gasteiger partial charge is 0.501 e. The van der Waals surface area contributed by atoms with Crippen LogP contribution in [-0.4, -0.2) is 73.1 Å². The molecule has 4 aliphatic rings. The van der Waals surface area contributed by atoms with Crippen molar-refractivity contribution in [2.75, 3.05) is 26.8 Å². The van der Waals surface area contributed by atoms with Crippen LogP contribution in [0.3, 0.4) is 0 Å². The lowest BCUT2D eigenvalue weighted by Gasteiger charge is -2.38. The van der Waals surface area contributed by atoms with Crippen LogP contribution < -0.4 is 4.72 Å². The fraction of sp³-hybridized carbons (Fsp3) is 0.611. The minimum atomic E-state index is -3.65. The molecular weight excluding hydrogens is 370 g/mol. The van der Waals surface area contributed by atoms with E-state index in [4.69, 9.17) is 4.74 Å². The van der Waals surface area contributed by atoms with Crippen molar-refractivity contribution in [3.05, 3.63) is 23.8 Å². The van der Waals surface area contributed by atoms with Crippen LogP contribution in [0.15, 0.2) is 23.8 Å². The molecule has 9 heteroatoms. The fourth-order valence-corrected chi connectivity index (χ4v) is 5.15. The molecular formula is C18H24N3O5S+. The van der Waals surface area contributed by atoms with Crippen molar-refractivity contribution in [3.8, 4) is 0 Å². The summed E-state index contributed by atoms with van der Waals surface area (Å²) in [7, 11) is -2.23. The summed E-state index contributed by atoms with van der Waals surface area (Å²) in [5, 5.41) is -0.941. The molecule has 1 saturated carbocycles. The van der Waals surface area contributed by atoms with Crippen molar-refractivity contribution >= 4 is 27.7 Å². The van der Waals surface area contributed by atoms with E-state index in [1.165, 1.54) is 19.2 Å². The zero-order valence-corrected chi connectivity index (χ0v) is 16.5. The molecule has 2 fully saturated rings.